The molecule has 0 fully saturated rings. The number of aliphatic carboxylic acids is 1. The van der Waals surface area contributed by atoms with Gasteiger partial charge in [-0.2, -0.15) is 4.98 Å². The maximum Gasteiger partial charge on any atom is 0.341 e. The van der Waals surface area contributed by atoms with E-state index in [4.69, 9.17) is 9.84 Å². The van der Waals surface area contributed by atoms with Crippen molar-refractivity contribution >= 4 is 27.8 Å². The number of rotatable bonds is 6. The van der Waals surface area contributed by atoms with Crippen LogP contribution in [0.15, 0.2) is 41.0 Å². The molecule has 0 atom stereocenters. The smallest absolute Gasteiger partial charge is 0.341 e. The minimum Gasteiger partial charge on any atom is -0.479 e. The van der Waals surface area contributed by atoms with Crippen LogP contribution < -0.4 is 10.1 Å². The van der Waals surface area contributed by atoms with Gasteiger partial charge >= 0.3 is 5.97 Å². The Morgan fingerprint density at radius 2 is 2.05 bits per heavy atom. The van der Waals surface area contributed by atoms with Gasteiger partial charge in [-0.15, -0.1) is 0 Å². The molecule has 0 bridgehead atoms. The number of nitrogens with zero attached hydrogens (tertiary/aromatic N) is 2. The SMILES string of the molecule is O=C(O)COc1ccnc(NCc2ccc(Br)cc2)n1. The summed E-state index contributed by atoms with van der Waals surface area (Å²) in [5.41, 5.74) is 1.08. The normalized spacial score (nSPS) is 10.1. The van der Waals surface area contributed by atoms with Gasteiger partial charge in [-0.25, -0.2) is 9.78 Å². The predicted octanol–water partition coefficient (Wildman–Crippen LogP) is 2.31. The van der Waals surface area contributed by atoms with Crippen molar-refractivity contribution in [2.24, 2.45) is 0 Å². The lowest BCUT2D eigenvalue weighted by Gasteiger charge is -2.07. The van der Waals surface area contributed by atoms with Crippen LogP contribution in [0.5, 0.6) is 5.88 Å². The summed E-state index contributed by atoms with van der Waals surface area (Å²) < 4.78 is 5.99. The molecule has 1 heterocycles. The van der Waals surface area contributed by atoms with Crippen molar-refractivity contribution in [3.8, 4) is 5.88 Å². The van der Waals surface area contributed by atoms with Crippen LogP contribution in [-0.4, -0.2) is 27.7 Å². The predicted molar refractivity (Wildman–Crippen MR) is 76.6 cm³/mol. The third-order valence-electron chi connectivity index (χ3n) is 2.34. The fourth-order valence-electron chi connectivity index (χ4n) is 1.43. The summed E-state index contributed by atoms with van der Waals surface area (Å²) in [5, 5.41) is 11.6. The number of halogens is 1. The molecule has 0 aliphatic carbocycles. The monoisotopic (exact) mass is 337 g/mol. The number of aromatic nitrogens is 2. The zero-order valence-corrected chi connectivity index (χ0v) is 12.0. The number of anilines is 1. The van der Waals surface area contributed by atoms with Gasteiger partial charge in [0, 0.05) is 23.3 Å². The second kappa shape index (κ2) is 6.85. The van der Waals surface area contributed by atoms with Gasteiger partial charge in [-0.05, 0) is 17.7 Å². The molecule has 0 unspecified atom stereocenters. The molecule has 0 aliphatic heterocycles. The largest absolute Gasteiger partial charge is 0.479 e. The molecule has 7 heteroatoms. The lowest BCUT2D eigenvalue weighted by molar-refractivity contribution is -0.139. The van der Waals surface area contributed by atoms with Crippen LogP contribution in [0.4, 0.5) is 5.95 Å². The molecule has 0 aliphatic rings. The first-order chi connectivity index (χ1) is 9.63. The molecule has 0 amide bonds. The maximum atomic E-state index is 10.4. The van der Waals surface area contributed by atoms with E-state index < -0.39 is 12.6 Å². The Morgan fingerprint density at radius 3 is 2.75 bits per heavy atom. The van der Waals surface area contributed by atoms with E-state index in [0.29, 0.717) is 12.5 Å². The summed E-state index contributed by atoms with van der Waals surface area (Å²) in [5.74, 6) is -0.440. The van der Waals surface area contributed by atoms with E-state index in [-0.39, 0.29) is 5.88 Å². The molecule has 20 heavy (non-hydrogen) atoms. The average molecular weight is 338 g/mol. The number of hydrogen-bond acceptors (Lipinski definition) is 5. The summed E-state index contributed by atoms with van der Waals surface area (Å²) in [6.45, 7) is 0.138. The summed E-state index contributed by atoms with van der Waals surface area (Å²) in [4.78, 5) is 18.5. The first-order valence-corrected chi connectivity index (χ1v) is 6.59. The van der Waals surface area contributed by atoms with Crippen molar-refractivity contribution in [2.75, 3.05) is 11.9 Å². The third-order valence-corrected chi connectivity index (χ3v) is 2.87. The Labute approximate surface area is 124 Å². The molecule has 1 aromatic heterocycles. The van der Waals surface area contributed by atoms with E-state index >= 15 is 0 Å². The van der Waals surface area contributed by atoms with Gasteiger partial charge in [0.1, 0.15) is 0 Å². The minimum atomic E-state index is -1.05. The highest BCUT2D eigenvalue weighted by molar-refractivity contribution is 9.10. The van der Waals surface area contributed by atoms with Crippen molar-refractivity contribution in [3.05, 3.63) is 46.6 Å². The molecule has 2 rings (SSSR count). The van der Waals surface area contributed by atoms with E-state index in [9.17, 15) is 4.79 Å². The van der Waals surface area contributed by atoms with Crippen LogP contribution >= 0.6 is 15.9 Å². The average Bonchev–Trinajstić information content (AvgIpc) is 2.45. The molecule has 0 radical (unpaired) electrons. The number of nitrogens with one attached hydrogen (secondary N) is 1. The molecular weight excluding hydrogens is 326 g/mol. The van der Waals surface area contributed by atoms with Crippen molar-refractivity contribution in [3.63, 3.8) is 0 Å². The lowest BCUT2D eigenvalue weighted by atomic mass is 10.2. The fraction of sp³-hybridized carbons (Fsp3) is 0.154. The Hall–Kier alpha value is -2.15. The van der Waals surface area contributed by atoms with Crippen molar-refractivity contribution in [1.82, 2.24) is 9.97 Å². The van der Waals surface area contributed by atoms with Gasteiger partial charge in [-0.3, -0.25) is 0 Å². The number of ether oxygens (including phenoxy) is 1. The lowest BCUT2D eigenvalue weighted by Crippen LogP contribution is -2.11. The molecule has 1 aromatic carbocycles. The van der Waals surface area contributed by atoms with Crippen LogP contribution in [-0.2, 0) is 11.3 Å². The topological polar surface area (TPSA) is 84.3 Å². The second-order valence-corrected chi connectivity index (χ2v) is 4.80. The molecule has 2 aromatic rings. The Bertz CT molecular complexity index is 590. The van der Waals surface area contributed by atoms with E-state index in [0.717, 1.165) is 10.0 Å². The molecule has 0 saturated carbocycles. The van der Waals surface area contributed by atoms with Gasteiger partial charge in [0.2, 0.25) is 11.8 Å². The van der Waals surface area contributed by atoms with Gasteiger partial charge in [0.15, 0.2) is 6.61 Å². The molecule has 2 N–H and O–H groups in total. The molecule has 0 saturated heterocycles. The zero-order chi connectivity index (χ0) is 14.4. The zero-order valence-electron chi connectivity index (χ0n) is 10.4. The molecule has 0 spiro atoms. The van der Waals surface area contributed by atoms with Gasteiger partial charge in [0.05, 0.1) is 0 Å². The van der Waals surface area contributed by atoms with Crippen LogP contribution in [0.1, 0.15) is 5.56 Å². The van der Waals surface area contributed by atoms with Gasteiger partial charge in [0.25, 0.3) is 0 Å². The van der Waals surface area contributed by atoms with Crippen molar-refractivity contribution < 1.29 is 14.6 Å². The second-order valence-electron chi connectivity index (χ2n) is 3.88. The minimum absolute atomic E-state index is 0.223. The van der Waals surface area contributed by atoms with Crippen molar-refractivity contribution in [1.29, 1.82) is 0 Å². The Balaban J connectivity index is 1.94. The van der Waals surface area contributed by atoms with Gasteiger partial charge in [-0.1, -0.05) is 28.1 Å². The highest BCUT2D eigenvalue weighted by Crippen LogP contribution is 2.12. The number of hydrogen-bond donors (Lipinski definition) is 2. The molecule has 104 valence electrons. The van der Waals surface area contributed by atoms with E-state index in [1.165, 1.54) is 12.3 Å². The Morgan fingerprint density at radius 1 is 1.30 bits per heavy atom. The first-order valence-electron chi connectivity index (χ1n) is 5.79. The summed E-state index contributed by atoms with van der Waals surface area (Å²) in [6, 6.07) is 9.35. The molecule has 6 nitrogen and oxygen atoms in total. The third kappa shape index (κ3) is 4.51. The molecular formula is C13H12BrN3O3. The maximum absolute atomic E-state index is 10.4. The standard InChI is InChI=1S/C13H12BrN3O3/c14-10-3-1-9(2-4-10)7-16-13-15-6-5-11(17-13)20-8-12(18)19/h1-6H,7-8H2,(H,18,19)(H,15,16,17). The van der Waals surface area contributed by atoms with E-state index in [2.05, 4.69) is 31.2 Å². The first kappa shape index (κ1) is 14.3. The highest BCUT2D eigenvalue weighted by Gasteiger charge is 2.03. The summed E-state index contributed by atoms with van der Waals surface area (Å²) in [6.07, 6.45) is 1.51. The summed E-state index contributed by atoms with van der Waals surface area (Å²) in [7, 11) is 0. The van der Waals surface area contributed by atoms with Crippen LogP contribution in [0, 0.1) is 0 Å². The summed E-state index contributed by atoms with van der Waals surface area (Å²) >= 11 is 3.37. The number of carboxylic acid groups (broad SMARTS) is 1. The fourth-order valence-corrected chi connectivity index (χ4v) is 1.69. The number of carbonyl (C=O) groups is 1. The van der Waals surface area contributed by atoms with E-state index in [1.807, 2.05) is 24.3 Å². The quantitative estimate of drug-likeness (QED) is 0.841. The number of carboxylic acids is 1. The van der Waals surface area contributed by atoms with Crippen LogP contribution in [0.25, 0.3) is 0 Å². The Kier molecular flexibility index (Phi) is 4.89. The van der Waals surface area contributed by atoms with E-state index in [1.54, 1.807) is 0 Å². The highest BCUT2D eigenvalue weighted by atomic mass is 79.9. The van der Waals surface area contributed by atoms with Crippen LogP contribution in [0.2, 0.25) is 0 Å². The van der Waals surface area contributed by atoms with Gasteiger partial charge < -0.3 is 15.2 Å². The van der Waals surface area contributed by atoms with Crippen molar-refractivity contribution in [2.45, 2.75) is 6.54 Å². The number of benzene rings is 1. The van der Waals surface area contributed by atoms with Crippen LogP contribution in [0.3, 0.4) is 0 Å².